The van der Waals surface area contributed by atoms with Crippen molar-refractivity contribution in [3.63, 3.8) is 0 Å². The van der Waals surface area contributed by atoms with Crippen molar-refractivity contribution in [3.05, 3.63) is 53.3 Å². The first kappa shape index (κ1) is 28.5. The molecule has 2 saturated heterocycles. The number of likely N-dealkylation sites (tertiary alicyclic amines) is 1. The molecule has 3 aliphatic rings. The van der Waals surface area contributed by atoms with Crippen molar-refractivity contribution in [1.82, 2.24) is 20.0 Å². The van der Waals surface area contributed by atoms with Crippen LogP contribution in [0.15, 0.2) is 47.7 Å². The molecular formula is C29H39N5O5. The van der Waals surface area contributed by atoms with Gasteiger partial charge in [-0.2, -0.15) is 0 Å². The second kappa shape index (κ2) is 12.1. The van der Waals surface area contributed by atoms with Crippen LogP contribution in [-0.2, 0) is 9.53 Å². The number of amides is 5. The number of rotatable bonds is 9. The van der Waals surface area contributed by atoms with E-state index in [1.165, 1.54) is 30.3 Å². The second-order valence-corrected chi connectivity index (χ2v) is 10.6. The van der Waals surface area contributed by atoms with Gasteiger partial charge in [0.05, 0.1) is 18.7 Å². The number of anilines is 1. The minimum absolute atomic E-state index is 0.0853. The minimum atomic E-state index is -0.816. The average Bonchev–Trinajstić information content (AvgIpc) is 2.93. The van der Waals surface area contributed by atoms with Gasteiger partial charge >= 0.3 is 12.1 Å². The summed E-state index contributed by atoms with van der Waals surface area (Å²) in [5.74, 6) is -0.450. The number of methoxy groups -OCH3 is 1. The molecule has 0 bridgehead atoms. The lowest BCUT2D eigenvalue weighted by molar-refractivity contribution is -0.129. The maximum absolute atomic E-state index is 13.6. The van der Waals surface area contributed by atoms with Crippen LogP contribution in [0.3, 0.4) is 0 Å². The number of nitrogens with one attached hydrogen (secondary N) is 1. The van der Waals surface area contributed by atoms with Crippen LogP contribution in [-0.4, -0.2) is 97.5 Å². The van der Waals surface area contributed by atoms with E-state index in [9.17, 15) is 19.2 Å². The lowest BCUT2D eigenvalue weighted by Gasteiger charge is -2.50. The van der Waals surface area contributed by atoms with Crippen LogP contribution < -0.4 is 10.2 Å². The number of carbonyl (C=O) groups excluding carboxylic acids is 4. The summed E-state index contributed by atoms with van der Waals surface area (Å²) in [7, 11) is 3.16. The van der Waals surface area contributed by atoms with E-state index in [0.29, 0.717) is 35.5 Å². The van der Waals surface area contributed by atoms with Crippen molar-refractivity contribution in [2.24, 2.45) is 0 Å². The van der Waals surface area contributed by atoms with Crippen molar-refractivity contribution in [1.29, 1.82) is 0 Å². The molecule has 210 valence electrons. The molecule has 1 N–H and O–H groups in total. The van der Waals surface area contributed by atoms with Crippen molar-refractivity contribution in [2.45, 2.75) is 45.1 Å². The number of nitrogens with zero attached hydrogens (tertiary/aromatic N) is 4. The number of benzene rings is 1. The van der Waals surface area contributed by atoms with Gasteiger partial charge in [-0.05, 0) is 64.4 Å². The third kappa shape index (κ3) is 6.07. The number of hydrogen-bond acceptors (Lipinski definition) is 6. The molecule has 2 aliphatic heterocycles. The molecule has 1 aromatic carbocycles. The summed E-state index contributed by atoms with van der Waals surface area (Å²) in [6.07, 6.45) is 7.50. The van der Waals surface area contributed by atoms with E-state index in [0.717, 1.165) is 32.5 Å². The number of piperidine rings is 1. The molecule has 10 nitrogen and oxygen atoms in total. The van der Waals surface area contributed by atoms with Crippen LogP contribution in [0, 0.1) is 0 Å². The Bertz CT molecular complexity index is 1190. The Labute approximate surface area is 230 Å². The van der Waals surface area contributed by atoms with Crippen LogP contribution in [0.2, 0.25) is 0 Å². The van der Waals surface area contributed by atoms with Crippen LogP contribution in [0.4, 0.5) is 15.3 Å². The molecule has 5 amide bonds. The van der Waals surface area contributed by atoms with Gasteiger partial charge in [-0.3, -0.25) is 19.4 Å². The lowest BCUT2D eigenvalue weighted by atomic mass is 9.79. The van der Waals surface area contributed by atoms with E-state index in [1.54, 1.807) is 42.3 Å². The largest absolute Gasteiger partial charge is 0.383 e. The molecule has 2 heterocycles. The molecular weight excluding hydrogens is 498 g/mol. The van der Waals surface area contributed by atoms with Crippen LogP contribution in [0.5, 0.6) is 0 Å². The number of ketones is 1. The van der Waals surface area contributed by atoms with E-state index >= 15 is 0 Å². The van der Waals surface area contributed by atoms with Gasteiger partial charge in [-0.25, -0.2) is 9.59 Å². The molecule has 4 rings (SSSR count). The zero-order valence-corrected chi connectivity index (χ0v) is 23.4. The molecule has 0 spiro atoms. The normalized spacial score (nSPS) is 21.7. The highest BCUT2D eigenvalue weighted by molar-refractivity contribution is 6.09. The summed E-state index contributed by atoms with van der Waals surface area (Å²) in [5, 5.41) is 2.88. The van der Waals surface area contributed by atoms with Gasteiger partial charge < -0.3 is 19.9 Å². The highest BCUT2D eigenvalue weighted by atomic mass is 16.5. The summed E-state index contributed by atoms with van der Waals surface area (Å²) in [6.45, 7) is 7.10. The molecule has 2 fully saturated rings. The van der Waals surface area contributed by atoms with Gasteiger partial charge in [0.1, 0.15) is 0 Å². The van der Waals surface area contributed by atoms with Crippen molar-refractivity contribution in [3.8, 4) is 0 Å². The smallest absolute Gasteiger partial charge is 0.327 e. The summed E-state index contributed by atoms with van der Waals surface area (Å²) in [5.41, 5.74) is 1.23. The number of hydrogen-bond donors (Lipinski definition) is 1. The first-order valence-electron chi connectivity index (χ1n) is 13.6. The van der Waals surface area contributed by atoms with E-state index in [1.807, 2.05) is 13.0 Å². The third-order valence-corrected chi connectivity index (χ3v) is 7.94. The van der Waals surface area contributed by atoms with Gasteiger partial charge in [0, 0.05) is 49.8 Å². The predicted octanol–water partition coefficient (Wildman–Crippen LogP) is 3.40. The first-order valence-corrected chi connectivity index (χ1v) is 13.6. The first-order chi connectivity index (χ1) is 18.7. The maximum Gasteiger partial charge on any atom is 0.327 e. The molecule has 39 heavy (non-hydrogen) atoms. The number of Topliss-reactive ketones (excluding diaryl/α,β-unsaturated/α-hetero) is 1. The van der Waals surface area contributed by atoms with E-state index in [-0.39, 0.29) is 30.9 Å². The Balaban J connectivity index is 1.54. The zero-order valence-electron chi connectivity index (χ0n) is 23.4. The number of imide groups is 1. The molecule has 1 aliphatic carbocycles. The fourth-order valence-corrected chi connectivity index (χ4v) is 5.42. The lowest BCUT2D eigenvalue weighted by Crippen LogP contribution is -2.66. The fraction of sp³-hybridized carbons (Fsp3) is 0.517. The Morgan fingerprint density at radius 3 is 2.54 bits per heavy atom. The molecule has 1 atom stereocenters. The van der Waals surface area contributed by atoms with Crippen molar-refractivity contribution >= 4 is 29.4 Å². The van der Waals surface area contributed by atoms with E-state index < -0.39 is 11.6 Å². The number of ether oxygens (including phenoxy) is 1. The number of fused-ring (bicyclic) bond motifs is 1. The van der Waals surface area contributed by atoms with Crippen LogP contribution >= 0.6 is 0 Å². The SMILES string of the molecule is COCCN1C(=O)C2=CC(NC(=O)N(C)c3cccc(C(C)=O)c3)=CCC2(C)N(CCN2CCCCC2)C1=O. The average molecular weight is 538 g/mol. The standard InChI is InChI=1S/C29H39N5O5/c1-21(35)22-9-8-10-24(19-22)31(3)27(37)30-23-11-12-29(2)25(20-23)26(36)33(17-18-39-4)28(38)34(29)16-15-32-13-6-5-7-14-32/h8-11,19-20H,5-7,12-18H2,1-4H3,(H,30,37). The topological polar surface area (TPSA) is 102 Å². The quantitative estimate of drug-likeness (QED) is 0.485. The molecule has 0 saturated carbocycles. The Kier molecular flexibility index (Phi) is 8.87. The maximum atomic E-state index is 13.6. The van der Waals surface area contributed by atoms with E-state index in [2.05, 4.69) is 10.2 Å². The van der Waals surface area contributed by atoms with Crippen LogP contribution in [0.25, 0.3) is 0 Å². The van der Waals surface area contributed by atoms with Gasteiger partial charge in [0.2, 0.25) is 0 Å². The number of allylic oxidation sites excluding steroid dienone is 1. The molecule has 1 aromatic rings. The monoisotopic (exact) mass is 537 g/mol. The summed E-state index contributed by atoms with van der Waals surface area (Å²) < 4.78 is 5.17. The second-order valence-electron chi connectivity index (χ2n) is 10.6. The van der Waals surface area contributed by atoms with Gasteiger partial charge in [-0.15, -0.1) is 0 Å². The Morgan fingerprint density at radius 1 is 1.10 bits per heavy atom. The van der Waals surface area contributed by atoms with Gasteiger partial charge in [-0.1, -0.05) is 24.6 Å². The molecule has 0 radical (unpaired) electrons. The predicted molar refractivity (Wildman–Crippen MR) is 149 cm³/mol. The summed E-state index contributed by atoms with van der Waals surface area (Å²) >= 11 is 0. The summed E-state index contributed by atoms with van der Waals surface area (Å²) in [6, 6.07) is 6.14. The minimum Gasteiger partial charge on any atom is -0.383 e. The Morgan fingerprint density at radius 2 is 1.85 bits per heavy atom. The molecule has 1 unspecified atom stereocenters. The van der Waals surface area contributed by atoms with E-state index in [4.69, 9.17) is 4.74 Å². The summed E-state index contributed by atoms with van der Waals surface area (Å²) in [4.78, 5) is 58.9. The molecule has 0 aromatic heterocycles. The van der Waals surface area contributed by atoms with Crippen LogP contribution in [0.1, 0.15) is 49.9 Å². The zero-order chi connectivity index (χ0) is 28.2. The number of carbonyl (C=O) groups is 4. The fourth-order valence-electron chi connectivity index (χ4n) is 5.42. The Hall–Kier alpha value is -3.50. The van der Waals surface area contributed by atoms with Crippen molar-refractivity contribution < 1.29 is 23.9 Å². The van der Waals surface area contributed by atoms with Gasteiger partial charge in [0.25, 0.3) is 5.91 Å². The van der Waals surface area contributed by atoms with Crippen molar-refractivity contribution in [2.75, 3.05) is 58.4 Å². The highest BCUT2D eigenvalue weighted by Gasteiger charge is 2.50. The van der Waals surface area contributed by atoms with Gasteiger partial charge in [0.15, 0.2) is 5.78 Å². The number of urea groups is 2. The third-order valence-electron chi connectivity index (χ3n) is 7.94. The molecule has 10 heteroatoms. The highest BCUT2D eigenvalue weighted by Crippen LogP contribution is 2.39.